The summed E-state index contributed by atoms with van der Waals surface area (Å²) in [5.74, 6) is -0.111. The topological polar surface area (TPSA) is 58.9 Å². The molecule has 0 radical (unpaired) electrons. The number of nitrogens with zero attached hydrogens (tertiary/aromatic N) is 2. The third-order valence-corrected chi connectivity index (χ3v) is 4.50. The summed E-state index contributed by atoms with van der Waals surface area (Å²) in [6.07, 6.45) is 1.81. The first-order valence-electron chi connectivity index (χ1n) is 9.32. The van der Waals surface area contributed by atoms with Crippen molar-refractivity contribution in [1.29, 1.82) is 0 Å². The lowest BCUT2D eigenvalue weighted by Crippen LogP contribution is -2.38. The largest absolute Gasteiger partial charge is 0.350 e. The molecule has 5 nitrogen and oxygen atoms in total. The van der Waals surface area contributed by atoms with E-state index in [0.717, 1.165) is 23.4 Å². The first-order chi connectivity index (χ1) is 13.1. The lowest BCUT2D eigenvalue weighted by Gasteiger charge is -2.13. The van der Waals surface area contributed by atoms with Crippen molar-refractivity contribution < 1.29 is 4.79 Å². The van der Waals surface area contributed by atoms with Crippen LogP contribution < -0.4 is 10.6 Å². The molecule has 2 N–H and O–H groups in total. The van der Waals surface area contributed by atoms with Crippen LogP contribution in [-0.2, 0) is 0 Å². The quantitative estimate of drug-likeness (QED) is 0.675. The van der Waals surface area contributed by atoms with E-state index >= 15 is 0 Å². The number of benzene rings is 2. The average molecular weight is 362 g/mol. The molecule has 1 aromatic heterocycles. The van der Waals surface area contributed by atoms with Crippen LogP contribution in [0.5, 0.6) is 0 Å². The highest BCUT2D eigenvalue weighted by Crippen LogP contribution is 2.26. The van der Waals surface area contributed by atoms with Gasteiger partial charge < -0.3 is 10.6 Å². The number of para-hydroxylation sites is 1. The van der Waals surface area contributed by atoms with Crippen LogP contribution in [0.4, 0.5) is 0 Å². The summed E-state index contributed by atoms with van der Waals surface area (Å²) in [7, 11) is 0. The standard InChI is InChI=1S/C22H26N4O/c1-4-23-17(3)14-24-22(27)20-15-26(18-11-6-5-7-12-18)25-21(20)19-13-9-8-10-16(19)2/h5-13,15,17,23H,4,14H2,1-3H3,(H,24,27)/t17-/m1/s1. The highest BCUT2D eigenvalue weighted by atomic mass is 16.1. The zero-order valence-corrected chi connectivity index (χ0v) is 16.1. The smallest absolute Gasteiger partial charge is 0.255 e. The summed E-state index contributed by atoms with van der Waals surface area (Å²) in [6, 6.07) is 18.0. The van der Waals surface area contributed by atoms with Crippen LogP contribution in [0.25, 0.3) is 16.9 Å². The van der Waals surface area contributed by atoms with Crippen molar-refractivity contribution in [3.63, 3.8) is 0 Å². The minimum atomic E-state index is -0.111. The van der Waals surface area contributed by atoms with Crippen molar-refractivity contribution in [2.75, 3.05) is 13.1 Å². The van der Waals surface area contributed by atoms with Crippen molar-refractivity contribution in [2.24, 2.45) is 0 Å². The molecule has 2 aromatic carbocycles. The van der Waals surface area contributed by atoms with E-state index in [1.54, 1.807) is 4.68 Å². The van der Waals surface area contributed by atoms with Gasteiger partial charge >= 0.3 is 0 Å². The molecule has 140 valence electrons. The average Bonchev–Trinajstić information content (AvgIpc) is 3.13. The first-order valence-corrected chi connectivity index (χ1v) is 9.32. The summed E-state index contributed by atoms with van der Waals surface area (Å²) in [5.41, 5.74) is 4.26. The van der Waals surface area contributed by atoms with Gasteiger partial charge in [-0.05, 0) is 38.1 Å². The maximum Gasteiger partial charge on any atom is 0.255 e. The Labute approximate surface area is 160 Å². The predicted molar refractivity (Wildman–Crippen MR) is 109 cm³/mol. The Balaban J connectivity index is 1.97. The second-order valence-electron chi connectivity index (χ2n) is 6.66. The van der Waals surface area contributed by atoms with Gasteiger partial charge in [-0.2, -0.15) is 5.10 Å². The molecule has 1 amide bonds. The molecule has 1 atom stereocenters. The van der Waals surface area contributed by atoms with E-state index in [1.807, 2.05) is 67.7 Å². The number of nitrogens with one attached hydrogen (secondary N) is 2. The number of rotatable bonds is 7. The number of carbonyl (C=O) groups is 1. The number of aryl methyl sites for hydroxylation is 1. The molecular weight excluding hydrogens is 336 g/mol. The van der Waals surface area contributed by atoms with E-state index in [0.29, 0.717) is 17.8 Å². The molecular formula is C22H26N4O. The number of hydrogen-bond donors (Lipinski definition) is 2. The third kappa shape index (κ3) is 4.44. The Hall–Kier alpha value is -2.92. The molecule has 3 aromatic rings. The lowest BCUT2D eigenvalue weighted by molar-refractivity contribution is 0.0951. The van der Waals surface area contributed by atoms with Crippen molar-refractivity contribution in [3.05, 3.63) is 71.9 Å². The minimum Gasteiger partial charge on any atom is -0.350 e. The summed E-state index contributed by atoms with van der Waals surface area (Å²) < 4.78 is 1.77. The van der Waals surface area contributed by atoms with E-state index < -0.39 is 0 Å². The maximum atomic E-state index is 12.9. The molecule has 0 spiro atoms. The van der Waals surface area contributed by atoms with E-state index in [4.69, 9.17) is 5.10 Å². The van der Waals surface area contributed by atoms with E-state index in [1.165, 1.54) is 0 Å². The SMILES string of the molecule is CCN[C@H](C)CNC(=O)c1cn(-c2ccccc2)nc1-c1ccccc1C. The molecule has 27 heavy (non-hydrogen) atoms. The first kappa shape index (κ1) is 18.9. The summed E-state index contributed by atoms with van der Waals surface area (Å²) in [6.45, 7) is 7.58. The Morgan fingerprint density at radius 3 is 2.52 bits per heavy atom. The third-order valence-electron chi connectivity index (χ3n) is 4.50. The molecule has 0 aliphatic rings. The zero-order valence-electron chi connectivity index (χ0n) is 16.1. The second-order valence-corrected chi connectivity index (χ2v) is 6.66. The van der Waals surface area contributed by atoms with Gasteiger partial charge in [0.05, 0.1) is 11.3 Å². The van der Waals surface area contributed by atoms with Crippen LogP contribution in [0.2, 0.25) is 0 Å². The molecule has 0 unspecified atom stereocenters. The normalized spacial score (nSPS) is 12.0. The maximum absolute atomic E-state index is 12.9. The van der Waals surface area contributed by atoms with Crippen molar-refractivity contribution in [2.45, 2.75) is 26.8 Å². The van der Waals surface area contributed by atoms with Crippen LogP contribution in [0.15, 0.2) is 60.8 Å². The predicted octanol–water partition coefficient (Wildman–Crippen LogP) is 3.58. The molecule has 0 bridgehead atoms. The van der Waals surface area contributed by atoms with Gasteiger partial charge in [-0.15, -0.1) is 0 Å². The molecule has 0 aliphatic carbocycles. The number of carbonyl (C=O) groups excluding carboxylic acids is 1. The summed E-state index contributed by atoms with van der Waals surface area (Å²) in [4.78, 5) is 12.9. The van der Waals surface area contributed by atoms with Gasteiger partial charge in [-0.25, -0.2) is 4.68 Å². The van der Waals surface area contributed by atoms with Gasteiger partial charge in [0, 0.05) is 24.3 Å². The van der Waals surface area contributed by atoms with E-state index in [2.05, 4.69) is 24.5 Å². The Kier molecular flexibility index (Phi) is 6.04. The van der Waals surface area contributed by atoms with Gasteiger partial charge in [0.15, 0.2) is 0 Å². The number of amides is 1. The molecule has 0 saturated heterocycles. The van der Waals surface area contributed by atoms with Crippen molar-refractivity contribution >= 4 is 5.91 Å². The van der Waals surface area contributed by atoms with E-state index in [9.17, 15) is 4.79 Å². The van der Waals surface area contributed by atoms with Gasteiger partial charge in [0.2, 0.25) is 0 Å². The second kappa shape index (κ2) is 8.64. The van der Waals surface area contributed by atoms with E-state index in [-0.39, 0.29) is 11.9 Å². The molecule has 0 aliphatic heterocycles. The summed E-state index contributed by atoms with van der Waals surface area (Å²) in [5, 5.41) is 11.1. The Bertz CT molecular complexity index is 902. The summed E-state index contributed by atoms with van der Waals surface area (Å²) >= 11 is 0. The van der Waals surface area contributed by atoms with Gasteiger partial charge in [-0.3, -0.25) is 4.79 Å². The van der Waals surface area contributed by atoms with Crippen LogP contribution >= 0.6 is 0 Å². The fraction of sp³-hybridized carbons (Fsp3) is 0.273. The van der Waals surface area contributed by atoms with Crippen molar-refractivity contribution in [1.82, 2.24) is 20.4 Å². The van der Waals surface area contributed by atoms with Gasteiger partial charge in [-0.1, -0.05) is 49.4 Å². The highest BCUT2D eigenvalue weighted by molar-refractivity contribution is 6.00. The van der Waals surface area contributed by atoms with Crippen molar-refractivity contribution in [3.8, 4) is 16.9 Å². The Morgan fingerprint density at radius 1 is 1.11 bits per heavy atom. The highest BCUT2D eigenvalue weighted by Gasteiger charge is 2.20. The number of aromatic nitrogens is 2. The molecule has 1 heterocycles. The van der Waals surface area contributed by atoms with Crippen LogP contribution in [0, 0.1) is 6.92 Å². The Morgan fingerprint density at radius 2 is 1.81 bits per heavy atom. The zero-order chi connectivity index (χ0) is 19.2. The van der Waals surface area contributed by atoms with Crippen LogP contribution in [0.3, 0.4) is 0 Å². The van der Waals surface area contributed by atoms with Crippen LogP contribution in [0.1, 0.15) is 29.8 Å². The molecule has 5 heteroatoms. The number of likely N-dealkylation sites (N-methyl/N-ethyl adjacent to an activating group) is 1. The lowest BCUT2D eigenvalue weighted by atomic mass is 10.0. The van der Waals surface area contributed by atoms with Crippen LogP contribution in [-0.4, -0.2) is 34.8 Å². The minimum absolute atomic E-state index is 0.111. The fourth-order valence-corrected chi connectivity index (χ4v) is 3.05. The fourth-order valence-electron chi connectivity index (χ4n) is 3.05. The number of hydrogen-bond acceptors (Lipinski definition) is 3. The molecule has 0 fully saturated rings. The monoisotopic (exact) mass is 362 g/mol. The molecule has 3 rings (SSSR count). The van der Waals surface area contributed by atoms with Gasteiger partial charge in [0.25, 0.3) is 5.91 Å². The van der Waals surface area contributed by atoms with Gasteiger partial charge in [0.1, 0.15) is 5.69 Å². The molecule has 0 saturated carbocycles.